The van der Waals surface area contributed by atoms with E-state index in [2.05, 4.69) is 29.6 Å². The molecule has 0 atom stereocenters. The van der Waals surface area contributed by atoms with Gasteiger partial charge in [0.25, 0.3) is 5.91 Å². The van der Waals surface area contributed by atoms with Gasteiger partial charge in [0.05, 0.1) is 16.6 Å². The first kappa shape index (κ1) is 16.2. The summed E-state index contributed by atoms with van der Waals surface area (Å²) in [7, 11) is 0. The third-order valence-electron chi connectivity index (χ3n) is 4.53. The number of nitrogens with one attached hydrogen (secondary N) is 1. The predicted octanol–water partition coefficient (Wildman–Crippen LogP) is 5.56. The van der Waals surface area contributed by atoms with Crippen molar-refractivity contribution in [3.63, 3.8) is 0 Å². The van der Waals surface area contributed by atoms with Gasteiger partial charge in [-0.1, -0.05) is 60.1 Å². The molecule has 2 nitrogen and oxygen atoms in total. The van der Waals surface area contributed by atoms with Crippen LogP contribution in [-0.4, -0.2) is 12.2 Å². The average molecular weight is 366 g/mol. The number of carbonyl (C=O) groups excluding carboxylic acids is 1. The zero-order valence-electron chi connectivity index (χ0n) is 13.6. The fourth-order valence-corrected chi connectivity index (χ4v) is 3.97. The van der Waals surface area contributed by atoms with Gasteiger partial charge in [0.15, 0.2) is 0 Å². The van der Waals surface area contributed by atoms with Crippen LogP contribution in [0.3, 0.4) is 0 Å². The van der Waals surface area contributed by atoms with Crippen LogP contribution < -0.4 is 5.32 Å². The molecule has 0 fully saturated rings. The molecule has 1 aliphatic rings. The van der Waals surface area contributed by atoms with Crippen LogP contribution in [0.4, 0.5) is 0 Å². The number of benzene rings is 3. The Bertz CT molecular complexity index is 924. The third kappa shape index (κ3) is 2.84. The molecular formula is C21H16ClNOS. The molecule has 0 aromatic heterocycles. The predicted molar refractivity (Wildman–Crippen MR) is 104 cm³/mol. The summed E-state index contributed by atoms with van der Waals surface area (Å²) >= 11 is 7.85. The number of fused-ring (bicyclic) bond motifs is 3. The molecule has 0 bridgehead atoms. The van der Waals surface area contributed by atoms with Gasteiger partial charge in [0, 0.05) is 4.90 Å². The van der Waals surface area contributed by atoms with E-state index in [0.717, 1.165) is 16.0 Å². The van der Waals surface area contributed by atoms with Crippen LogP contribution in [-0.2, 0) is 0 Å². The van der Waals surface area contributed by atoms with E-state index >= 15 is 0 Å². The lowest BCUT2D eigenvalue weighted by molar-refractivity contribution is 0.0943. The van der Waals surface area contributed by atoms with E-state index in [1.165, 1.54) is 11.1 Å². The summed E-state index contributed by atoms with van der Waals surface area (Å²) < 4.78 is 0. The number of amides is 1. The normalized spacial score (nSPS) is 12.6. The van der Waals surface area contributed by atoms with Gasteiger partial charge in [0.2, 0.25) is 0 Å². The first-order valence-electron chi connectivity index (χ1n) is 8.01. The SMILES string of the molecule is CSc1ccc(Cl)c(C(=O)NC2c3ccccc3-c3ccccc32)c1. The quantitative estimate of drug-likeness (QED) is 0.615. The van der Waals surface area contributed by atoms with Crippen molar-refractivity contribution in [2.45, 2.75) is 10.9 Å². The molecule has 1 aliphatic carbocycles. The Hall–Kier alpha value is -2.23. The largest absolute Gasteiger partial charge is 0.341 e. The number of thioether (sulfide) groups is 1. The zero-order valence-corrected chi connectivity index (χ0v) is 15.2. The summed E-state index contributed by atoms with van der Waals surface area (Å²) in [6.07, 6.45) is 1.98. The lowest BCUT2D eigenvalue weighted by atomic mass is 10.0. The number of halogens is 1. The maximum Gasteiger partial charge on any atom is 0.253 e. The molecule has 0 radical (unpaired) electrons. The summed E-state index contributed by atoms with van der Waals surface area (Å²) in [6.45, 7) is 0. The molecule has 3 aromatic rings. The van der Waals surface area contributed by atoms with Crippen molar-refractivity contribution in [2.75, 3.05) is 6.26 Å². The highest BCUT2D eigenvalue weighted by molar-refractivity contribution is 7.98. The van der Waals surface area contributed by atoms with Gasteiger partial charge >= 0.3 is 0 Å². The third-order valence-corrected chi connectivity index (χ3v) is 5.58. The topological polar surface area (TPSA) is 29.1 Å². The van der Waals surface area contributed by atoms with E-state index in [1.807, 2.05) is 42.7 Å². The van der Waals surface area contributed by atoms with Crippen LogP contribution >= 0.6 is 23.4 Å². The zero-order chi connectivity index (χ0) is 17.4. The second kappa shape index (κ2) is 6.58. The number of carbonyl (C=O) groups is 1. The Labute approximate surface area is 156 Å². The molecule has 124 valence electrons. The molecule has 0 saturated carbocycles. The second-order valence-corrected chi connectivity index (χ2v) is 7.21. The smallest absolute Gasteiger partial charge is 0.253 e. The Balaban J connectivity index is 1.73. The van der Waals surface area contributed by atoms with Crippen LogP contribution in [0.1, 0.15) is 27.5 Å². The molecule has 3 aromatic carbocycles. The highest BCUT2D eigenvalue weighted by Crippen LogP contribution is 2.43. The van der Waals surface area contributed by atoms with E-state index < -0.39 is 0 Å². The van der Waals surface area contributed by atoms with Gasteiger partial charge in [-0.05, 0) is 46.7 Å². The Kier molecular flexibility index (Phi) is 4.28. The van der Waals surface area contributed by atoms with Gasteiger partial charge in [-0.15, -0.1) is 11.8 Å². The van der Waals surface area contributed by atoms with E-state index in [-0.39, 0.29) is 11.9 Å². The molecule has 0 aliphatic heterocycles. The van der Waals surface area contributed by atoms with Crippen molar-refractivity contribution < 1.29 is 4.79 Å². The van der Waals surface area contributed by atoms with Crippen LogP contribution in [0.15, 0.2) is 71.6 Å². The maximum absolute atomic E-state index is 12.9. The Morgan fingerprint density at radius 2 is 1.56 bits per heavy atom. The monoisotopic (exact) mass is 365 g/mol. The molecule has 25 heavy (non-hydrogen) atoms. The molecular weight excluding hydrogens is 350 g/mol. The van der Waals surface area contributed by atoms with Gasteiger partial charge in [-0.25, -0.2) is 0 Å². The summed E-state index contributed by atoms with van der Waals surface area (Å²) in [5.41, 5.74) is 5.10. The van der Waals surface area contributed by atoms with Crippen LogP contribution in [0, 0.1) is 0 Å². The molecule has 0 spiro atoms. The maximum atomic E-state index is 12.9. The minimum atomic E-state index is -0.158. The van der Waals surface area contributed by atoms with Gasteiger partial charge < -0.3 is 5.32 Å². The lowest BCUT2D eigenvalue weighted by Gasteiger charge is -2.17. The highest BCUT2D eigenvalue weighted by atomic mass is 35.5. The first-order chi connectivity index (χ1) is 12.2. The summed E-state index contributed by atoms with van der Waals surface area (Å²) in [6, 6.07) is 21.8. The van der Waals surface area contributed by atoms with Crippen molar-refractivity contribution in [1.82, 2.24) is 5.32 Å². The van der Waals surface area contributed by atoms with Gasteiger partial charge in [-0.3, -0.25) is 4.79 Å². The summed E-state index contributed by atoms with van der Waals surface area (Å²) in [4.78, 5) is 13.9. The van der Waals surface area contributed by atoms with Crippen LogP contribution in [0.5, 0.6) is 0 Å². The molecule has 4 rings (SSSR count). The fraction of sp³-hybridized carbons (Fsp3) is 0.0952. The minimum Gasteiger partial charge on any atom is -0.341 e. The fourth-order valence-electron chi connectivity index (χ4n) is 3.33. The molecule has 1 amide bonds. The Morgan fingerprint density at radius 3 is 2.16 bits per heavy atom. The van der Waals surface area contributed by atoms with Gasteiger partial charge in [0.1, 0.15) is 0 Å². The number of hydrogen-bond donors (Lipinski definition) is 1. The molecule has 1 N–H and O–H groups in total. The second-order valence-electron chi connectivity index (χ2n) is 5.93. The van der Waals surface area contributed by atoms with Crippen molar-refractivity contribution in [3.8, 4) is 11.1 Å². The van der Waals surface area contributed by atoms with E-state index in [4.69, 9.17) is 11.6 Å². The van der Waals surface area contributed by atoms with Crippen molar-refractivity contribution >= 4 is 29.3 Å². The standard InChI is InChI=1S/C21H16ClNOS/c1-25-13-10-11-19(22)18(12-13)21(24)23-20-16-8-4-2-6-14(16)15-7-3-5-9-17(15)20/h2-12,20H,1H3,(H,23,24). The lowest BCUT2D eigenvalue weighted by Crippen LogP contribution is -2.28. The van der Waals surface area contributed by atoms with Crippen LogP contribution in [0.2, 0.25) is 5.02 Å². The summed E-state index contributed by atoms with van der Waals surface area (Å²) in [5, 5.41) is 3.63. The first-order valence-corrected chi connectivity index (χ1v) is 9.62. The van der Waals surface area contributed by atoms with E-state index in [0.29, 0.717) is 10.6 Å². The van der Waals surface area contributed by atoms with Crippen molar-refractivity contribution in [1.29, 1.82) is 0 Å². The minimum absolute atomic E-state index is 0.155. The van der Waals surface area contributed by atoms with Gasteiger partial charge in [-0.2, -0.15) is 0 Å². The molecule has 0 unspecified atom stereocenters. The number of rotatable bonds is 3. The molecule has 0 heterocycles. The highest BCUT2D eigenvalue weighted by Gasteiger charge is 2.29. The summed E-state index contributed by atoms with van der Waals surface area (Å²) in [5.74, 6) is -0.155. The van der Waals surface area contributed by atoms with Crippen LogP contribution in [0.25, 0.3) is 11.1 Å². The molecule has 0 saturated heterocycles. The number of hydrogen-bond acceptors (Lipinski definition) is 2. The van der Waals surface area contributed by atoms with Crippen molar-refractivity contribution in [2.24, 2.45) is 0 Å². The Morgan fingerprint density at radius 1 is 0.960 bits per heavy atom. The van der Waals surface area contributed by atoms with E-state index in [9.17, 15) is 4.79 Å². The van der Waals surface area contributed by atoms with Crippen molar-refractivity contribution in [3.05, 3.63) is 88.4 Å². The molecule has 4 heteroatoms. The average Bonchev–Trinajstić information content (AvgIpc) is 2.96. The van der Waals surface area contributed by atoms with E-state index in [1.54, 1.807) is 17.8 Å².